The van der Waals surface area contributed by atoms with Crippen molar-refractivity contribution in [1.29, 1.82) is 0 Å². The van der Waals surface area contributed by atoms with Crippen LogP contribution in [0.25, 0.3) is 0 Å². The molecule has 3 nitrogen and oxygen atoms in total. The normalized spacial score (nSPS) is 30.5. The molecule has 3 heteroatoms. The fourth-order valence-electron chi connectivity index (χ4n) is 3.97. The van der Waals surface area contributed by atoms with Crippen LogP contribution < -0.4 is 10.5 Å². The highest BCUT2D eigenvalue weighted by molar-refractivity contribution is 5.27. The Bertz CT molecular complexity index is 431. The molecule has 0 bridgehead atoms. The Morgan fingerprint density at radius 1 is 1.37 bits per heavy atom. The third-order valence-electron chi connectivity index (χ3n) is 4.95. The maximum absolute atomic E-state index is 6.05. The van der Waals surface area contributed by atoms with E-state index in [1.165, 1.54) is 44.3 Å². The van der Waals surface area contributed by atoms with Crippen LogP contribution >= 0.6 is 0 Å². The van der Waals surface area contributed by atoms with Gasteiger partial charge < -0.3 is 10.5 Å². The molecule has 2 N–H and O–H groups in total. The van der Waals surface area contributed by atoms with E-state index in [0.29, 0.717) is 5.54 Å². The van der Waals surface area contributed by atoms with E-state index in [1.807, 2.05) is 0 Å². The van der Waals surface area contributed by atoms with Crippen LogP contribution in [-0.2, 0) is 6.42 Å². The number of fused-ring (bicyclic) bond motifs is 1. The molecule has 0 unspecified atom stereocenters. The summed E-state index contributed by atoms with van der Waals surface area (Å²) in [5.41, 5.74) is 7.79. The Balaban J connectivity index is 1.65. The maximum Gasteiger partial charge on any atom is 0.118 e. The number of hydrogen-bond acceptors (Lipinski definition) is 3. The van der Waals surface area contributed by atoms with Crippen LogP contribution in [0.4, 0.5) is 0 Å². The fraction of sp³-hybridized carbons (Fsp3) is 0.625. The van der Waals surface area contributed by atoms with Gasteiger partial charge in [-0.05, 0) is 55.8 Å². The zero-order valence-corrected chi connectivity index (χ0v) is 11.8. The average Bonchev–Trinajstić information content (AvgIpc) is 2.96. The predicted octanol–water partition coefficient (Wildman–Crippen LogP) is 2.05. The Hall–Kier alpha value is -1.06. The SMILES string of the molecule is COc1ccc(C[C@@H]2CN3CCC[C@@]3(CN)C2)cc1. The molecule has 2 atom stereocenters. The quantitative estimate of drug-likeness (QED) is 0.900. The highest BCUT2D eigenvalue weighted by Gasteiger charge is 2.46. The van der Waals surface area contributed by atoms with E-state index in [0.717, 1.165) is 18.2 Å². The van der Waals surface area contributed by atoms with Gasteiger partial charge in [-0.3, -0.25) is 4.90 Å². The standard InChI is InChI=1S/C16H24N2O/c1-19-15-5-3-13(4-6-15)9-14-10-16(12-17)7-2-8-18(16)11-14/h3-6,14H,2,7-12,17H2,1H3/t14-,16-/m0/s1. The van der Waals surface area contributed by atoms with Gasteiger partial charge in [0.25, 0.3) is 0 Å². The zero-order valence-electron chi connectivity index (χ0n) is 11.8. The van der Waals surface area contributed by atoms with Crippen molar-refractivity contribution in [2.75, 3.05) is 26.7 Å². The molecule has 1 aromatic carbocycles. The smallest absolute Gasteiger partial charge is 0.118 e. The minimum atomic E-state index is 0.330. The highest BCUT2D eigenvalue weighted by atomic mass is 16.5. The molecule has 2 saturated heterocycles. The topological polar surface area (TPSA) is 38.5 Å². The van der Waals surface area contributed by atoms with Crippen LogP contribution in [0.3, 0.4) is 0 Å². The monoisotopic (exact) mass is 260 g/mol. The first-order valence-electron chi connectivity index (χ1n) is 7.34. The molecule has 1 aromatic rings. The minimum Gasteiger partial charge on any atom is -0.497 e. The summed E-state index contributed by atoms with van der Waals surface area (Å²) in [4.78, 5) is 2.64. The maximum atomic E-state index is 6.05. The van der Waals surface area contributed by atoms with Gasteiger partial charge in [-0.25, -0.2) is 0 Å². The van der Waals surface area contributed by atoms with Gasteiger partial charge in [0, 0.05) is 18.6 Å². The molecule has 2 heterocycles. The van der Waals surface area contributed by atoms with Gasteiger partial charge in [0.05, 0.1) is 7.11 Å². The van der Waals surface area contributed by atoms with Crippen LogP contribution in [0.5, 0.6) is 5.75 Å². The van der Waals surface area contributed by atoms with E-state index in [-0.39, 0.29) is 0 Å². The summed E-state index contributed by atoms with van der Waals surface area (Å²) in [7, 11) is 1.71. The summed E-state index contributed by atoms with van der Waals surface area (Å²) in [6, 6.07) is 8.50. The van der Waals surface area contributed by atoms with Crippen molar-refractivity contribution in [3.8, 4) is 5.75 Å². The van der Waals surface area contributed by atoms with Gasteiger partial charge in [0.15, 0.2) is 0 Å². The second kappa shape index (κ2) is 5.14. The lowest BCUT2D eigenvalue weighted by Crippen LogP contribution is -2.44. The van der Waals surface area contributed by atoms with Crippen molar-refractivity contribution >= 4 is 0 Å². The minimum absolute atomic E-state index is 0.330. The molecular formula is C16H24N2O. The third kappa shape index (κ3) is 2.37. The number of nitrogens with zero attached hydrogens (tertiary/aromatic N) is 1. The van der Waals surface area contributed by atoms with Crippen LogP contribution in [0.2, 0.25) is 0 Å². The number of nitrogens with two attached hydrogens (primary N) is 1. The van der Waals surface area contributed by atoms with Gasteiger partial charge >= 0.3 is 0 Å². The molecule has 0 spiro atoms. The summed E-state index contributed by atoms with van der Waals surface area (Å²) < 4.78 is 5.21. The fourth-order valence-corrected chi connectivity index (χ4v) is 3.97. The largest absolute Gasteiger partial charge is 0.497 e. The summed E-state index contributed by atoms with van der Waals surface area (Å²) in [5, 5.41) is 0. The van der Waals surface area contributed by atoms with E-state index in [9.17, 15) is 0 Å². The van der Waals surface area contributed by atoms with Gasteiger partial charge in [-0.2, -0.15) is 0 Å². The van der Waals surface area contributed by atoms with Crippen molar-refractivity contribution in [3.05, 3.63) is 29.8 Å². The summed E-state index contributed by atoms with van der Waals surface area (Å²) >= 11 is 0. The lowest BCUT2D eigenvalue weighted by molar-refractivity contribution is 0.204. The Morgan fingerprint density at radius 2 is 2.16 bits per heavy atom. The highest BCUT2D eigenvalue weighted by Crippen LogP contribution is 2.41. The Kier molecular flexibility index (Phi) is 3.50. The Morgan fingerprint density at radius 3 is 2.79 bits per heavy atom. The first kappa shape index (κ1) is 12.9. The van der Waals surface area contributed by atoms with Gasteiger partial charge in [-0.15, -0.1) is 0 Å². The van der Waals surface area contributed by atoms with E-state index < -0.39 is 0 Å². The summed E-state index contributed by atoms with van der Waals surface area (Å²) in [5.74, 6) is 1.70. The van der Waals surface area contributed by atoms with Gasteiger partial charge in [0.1, 0.15) is 5.75 Å². The molecule has 2 aliphatic heterocycles. The van der Waals surface area contributed by atoms with E-state index in [1.54, 1.807) is 7.11 Å². The van der Waals surface area contributed by atoms with Crippen LogP contribution in [0.1, 0.15) is 24.8 Å². The molecule has 2 aliphatic rings. The summed E-state index contributed by atoms with van der Waals surface area (Å²) in [6.45, 7) is 3.30. The number of methoxy groups -OCH3 is 1. The van der Waals surface area contributed by atoms with Crippen molar-refractivity contribution in [1.82, 2.24) is 4.90 Å². The number of ether oxygens (including phenoxy) is 1. The van der Waals surface area contributed by atoms with E-state index in [4.69, 9.17) is 10.5 Å². The van der Waals surface area contributed by atoms with Crippen LogP contribution in [0, 0.1) is 5.92 Å². The van der Waals surface area contributed by atoms with Gasteiger partial charge in [-0.1, -0.05) is 12.1 Å². The van der Waals surface area contributed by atoms with E-state index in [2.05, 4.69) is 29.2 Å². The average molecular weight is 260 g/mol. The molecule has 0 aromatic heterocycles. The third-order valence-corrected chi connectivity index (χ3v) is 4.95. The molecule has 104 valence electrons. The summed E-state index contributed by atoms with van der Waals surface area (Å²) in [6.07, 6.45) is 5.06. The molecule has 0 amide bonds. The van der Waals surface area contributed by atoms with E-state index >= 15 is 0 Å². The number of benzene rings is 1. The van der Waals surface area contributed by atoms with Crippen molar-refractivity contribution in [2.24, 2.45) is 11.7 Å². The van der Waals surface area contributed by atoms with Crippen molar-refractivity contribution < 1.29 is 4.74 Å². The van der Waals surface area contributed by atoms with Crippen molar-refractivity contribution in [3.63, 3.8) is 0 Å². The predicted molar refractivity (Wildman–Crippen MR) is 77.4 cm³/mol. The molecular weight excluding hydrogens is 236 g/mol. The molecule has 0 aliphatic carbocycles. The van der Waals surface area contributed by atoms with Crippen molar-refractivity contribution in [2.45, 2.75) is 31.2 Å². The Labute approximate surface area is 115 Å². The molecule has 0 saturated carbocycles. The van der Waals surface area contributed by atoms with Crippen LogP contribution in [-0.4, -0.2) is 37.2 Å². The lowest BCUT2D eigenvalue weighted by Gasteiger charge is -2.30. The second-order valence-corrected chi connectivity index (χ2v) is 6.10. The first-order chi connectivity index (χ1) is 9.25. The molecule has 2 fully saturated rings. The molecule has 3 rings (SSSR count). The van der Waals surface area contributed by atoms with Gasteiger partial charge in [0.2, 0.25) is 0 Å². The lowest BCUT2D eigenvalue weighted by atomic mass is 9.87. The molecule has 0 radical (unpaired) electrons. The number of hydrogen-bond donors (Lipinski definition) is 1. The zero-order chi connectivity index (χ0) is 13.3. The van der Waals surface area contributed by atoms with Crippen LogP contribution in [0.15, 0.2) is 24.3 Å². The molecule has 19 heavy (non-hydrogen) atoms. The second-order valence-electron chi connectivity index (χ2n) is 6.10. The number of rotatable bonds is 4. The first-order valence-corrected chi connectivity index (χ1v) is 7.34.